The Labute approximate surface area is 130 Å². The number of nitrogens with one attached hydrogen (secondary N) is 1. The molecule has 1 aliphatic rings. The van der Waals surface area contributed by atoms with Gasteiger partial charge in [0.15, 0.2) is 5.78 Å². The smallest absolute Gasteiger partial charge is 0.325 e. The third-order valence-corrected chi connectivity index (χ3v) is 4.05. The summed E-state index contributed by atoms with van der Waals surface area (Å²) in [6, 6.07) is 1.56. The molecule has 1 aliphatic heterocycles. The maximum atomic E-state index is 12.5. The number of aromatic nitrogens is 1. The van der Waals surface area contributed by atoms with Crippen LogP contribution in [0.15, 0.2) is 6.07 Å². The Balaban J connectivity index is 2.26. The van der Waals surface area contributed by atoms with E-state index in [-0.39, 0.29) is 24.3 Å². The molecule has 2 rings (SSSR count). The number of imide groups is 1. The fourth-order valence-corrected chi connectivity index (χ4v) is 3.04. The van der Waals surface area contributed by atoms with Crippen LogP contribution in [0.5, 0.6) is 0 Å². The van der Waals surface area contributed by atoms with Crippen molar-refractivity contribution in [3.63, 3.8) is 0 Å². The van der Waals surface area contributed by atoms with Gasteiger partial charge in [0.25, 0.3) is 5.91 Å². The van der Waals surface area contributed by atoms with Crippen molar-refractivity contribution in [1.82, 2.24) is 14.8 Å². The number of urea groups is 1. The van der Waals surface area contributed by atoms with E-state index in [0.29, 0.717) is 5.56 Å². The Kier molecular flexibility index (Phi) is 3.89. The molecule has 0 saturated carbocycles. The normalized spacial score (nSPS) is 17.3. The Bertz CT molecular complexity index is 656. The van der Waals surface area contributed by atoms with Gasteiger partial charge >= 0.3 is 6.03 Å². The minimum atomic E-state index is -0.952. The molecule has 120 valence electrons. The van der Waals surface area contributed by atoms with Crippen molar-refractivity contribution in [3.05, 3.63) is 23.0 Å². The van der Waals surface area contributed by atoms with Crippen molar-refractivity contribution >= 4 is 17.7 Å². The lowest BCUT2D eigenvalue weighted by molar-refractivity contribution is -0.129. The van der Waals surface area contributed by atoms with Gasteiger partial charge in [-0.2, -0.15) is 0 Å². The zero-order chi connectivity index (χ0) is 16.8. The molecule has 1 aromatic rings. The SMILES string of the molecule is Cc1cc(C(=O)CN2C(=O)NC(C)(C)C2=O)c(C)n1C(C)C. The molecule has 1 saturated heterocycles. The van der Waals surface area contributed by atoms with Crippen LogP contribution in [0.25, 0.3) is 0 Å². The Morgan fingerprint density at radius 2 is 1.86 bits per heavy atom. The Morgan fingerprint density at radius 1 is 1.27 bits per heavy atom. The van der Waals surface area contributed by atoms with Gasteiger partial charge in [-0.25, -0.2) is 4.79 Å². The molecule has 1 fully saturated rings. The summed E-state index contributed by atoms with van der Waals surface area (Å²) >= 11 is 0. The van der Waals surface area contributed by atoms with Gasteiger partial charge in [-0.1, -0.05) is 0 Å². The zero-order valence-corrected chi connectivity index (χ0v) is 14.0. The minimum Gasteiger partial charge on any atom is -0.346 e. The predicted molar refractivity (Wildman–Crippen MR) is 82.9 cm³/mol. The average Bonchev–Trinajstić information content (AvgIpc) is 2.78. The highest BCUT2D eigenvalue weighted by atomic mass is 16.2. The van der Waals surface area contributed by atoms with E-state index in [4.69, 9.17) is 0 Å². The molecule has 0 unspecified atom stereocenters. The van der Waals surface area contributed by atoms with Gasteiger partial charge in [0.2, 0.25) is 0 Å². The molecule has 0 atom stereocenters. The van der Waals surface area contributed by atoms with Crippen molar-refractivity contribution in [1.29, 1.82) is 0 Å². The van der Waals surface area contributed by atoms with Crippen LogP contribution in [-0.2, 0) is 4.79 Å². The van der Waals surface area contributed by atoms with Crippen LogP contribution in [0.3, 0.4) is 0 Å². The number of hydrogen-bond donors (Lipinski definition) is 1. The first-order valence-electron chi connectivity index (χ1n) is 7.42. The summed E-state index contributed by atoms with van der Waals surface area (Å²) in [7, 11) is 0. The second-order valence-corrected chi connectivity index (χ2v) is 6.62. The fourth-order valence-electron chi connectivity index (χ4n) is 3.04. The first kappa shape index (κ1) is 16.3. The van der Waals surface area contributed by atoms with Crippen LogP contribution in [0, 0.1) is 13.8 Å². The topological polar surface area (TPSA) is 71.4 Å². The van der Waals surface area contributed by atoms with Crippen LogP contribution in [-0.4, -0.2) is 39.3 Å². The Hall–Kier alpha value is -2.11. The van der Waals surface area contributed by atoms with E-state index in [0.717, 1.165) is 16.3 Å². The molecule has 0 radical (unpaired) electrons. The summed E-state index contributed by atoms with van der Waals surface area (Å²) in [5.41, 5.74) is 1.47. The largest absolute Gasteiger partial charge is 0.346 e. The van der Waals surface area contributed by atoms with Crippen LogP contribution < -0.4 is 5.32 Å². The highest BCUT2D eigenvalue weighted by molar-refractivity contribution is 6.11. The molecule has 0 aromatic carbocycles. The van der Waals surface area contributed by atoms with Crippen molar-refractivity contribution in [2.45, 2.75) is 53.1 Å². The van der Waals surface area contributed by atoms with Gasteiger partial charge in [0.05, 0.1) is 6.54 Å². The van der Waals surface area contributed by atoms with Crippen LogP contribution >= 0.6 is 0 Å². The van der Waals surface area contributed by atoms with Gasteiger partial charge in [-0.15, -0.1) is 0 Å². The second-order valence-electron chi connectivity index (χ2n) is 6.62. The molecule has 6 heteroatoms. The van der Waals surface area contributed by atoms with Crippen LogP contribution in [0.2, 0.25) is 0 Å². The van der Waals surface area contributed by atoms with Crippen LogP contribution in [0.4, 0.5) is 4.79 Å². The summed E-state index contributed by atoms with van der Waals surface area (Å²) in [5, 5.41) is 2.58. The van der Waals surface area contributed by atoms with Gasteiger partial charge in [-0.05, 0) is 47.6 Å². The number of ketones is 1. The monoisotopic (exact) mass is 305 g/mol. The summed E-state index contributed by atoms with van der Waals surface area (Å²) in [6.07, 6.45) is 0. The van der Waals surface area contributed by atoms with E-state index in [1.165, 1.54) is 0 Å². The molecule has 0 bridgehead atoms. The van der Waals surface area contributed by atoms with E-state index < -0.39 is 11.6 Å². The molecule has 0 spiro atoms. The third-order valence-electron chi connectivity index (χ3n) is 4.05. The molecule has 3 amide bonds. The van der Waals surface area contributed by atoms with Crippen molar-refractivity contribution < 1.29 is 14.4 Å². The van der Waals surface area contributed by atoms with Crippen LogP contribution in [0.1, 0.15) is 55.5 Å². The van der Waals surface area contributed by atoms with E-state index in [2.05, 4.69) is 9.88 Å². The number of carbonyl (C=O) groups is 3. The summed E-state index contributed by atoms with van der Waals surface area (Å²) in [6.45, 7) is 11.0. The number of amides is 3. The predicted octanol–water partition coefficient (Wildman–Crippen LogP) is 2.20. The highest BCUT2D eigenvalue weighted by Crippen LogP contribution is 2.22. The molecule has 22 heavy (non-hydrogen) atoms. The maximum Gasteiger partial charge on any atom is 0.325 e. The lowest BCUT2D eigenvalue weighted by Gasteiger charge is -2.16. The van der Waals surface area contributed by atoms with Gasteiger partial charge < -0.3 is 9.88 Å². The number of aryl methyl sites for hydroxylation is 1. The number of rotatable bonds is 4. The number of hydrogen-bond acceptors (Lipinski definition) is 3. The number of Topliss-reactive ketones (excluding diaryl/α,β-unsaturated/α-hetero) is 1. The lowest BCUT2D eigenvalue weighted by atomic mass is 10.1. The standard InChI is InChI=1S/C16H23N3O3/c1-9(2)19-10(3)7-12(11(19)4)13(20)8-18-14(21)16(5,6)17-15(18)22/h7,9H,8H2,1-6H3,(H,17,22). The van der Waals surface area contributed by atoms with Crippen molar-refractivity contribution in [3.8, 4) is 0 Å². The molecular weight excluding hydrogens is 282 g/mol. The summed E-state index contributed by atoms with van der Waals surface area (Å²) < 4.78 is 2.07. The fraction of sp³-hybridized carbons (Fsp3) is 0.562. The van der Waals surface area contributed by atoms with E-state index in [1.807, 2.05) is 33.8 Å². The zero-order valence-electron chi connectivity index (χ0n) is 14.0. The van der Waals surface area contributed by atoms with E-state index >= 15 is 0 Å². The van der Waals surface area contributed by atoms with E-state index in [9.17, 15) is 14.4 Å². The van der Waals surface area contributed by atoms with E-state index in [1.54, 1.807) is 13.8 Å². The number of carbonyl (C=O) groups excluding carboxylic acids is 3. The average molecular weight is 305 g/mol. The van der Waals surface area contributed by atoms with Crippen molar-refractivity contribution in [2.75, 3.05) is 6.54 Å². The second kappa shape index (κ2) is 5.26. The highest BCUT2D eigenvalue weighted by Gasteiger charge is 2.45. The third kappa shape index (κ3) is 2.53. The summed E-state index contributed by atoms with van der Waals surface area (Å²) in [5.74, 6) is -0.593. The summed E-state index contributed by atoms with van der Waals surface area (Å²) in [4.78, 5) is 37.5. The van der Waals surface area contributed by atoms with Crippen molar-refractivity contribution in [2.24, 2.45) is 0 Å². The molecule has 1 aromatic heterocycles. The quantitative estimate of drug-likeness (QED) is 0.684. The minimum absolute atomic E-state index is 0.221. The maximum absolute atomic E-state index is 12.5. The lowest BCUT2D eigenvalue weighted by Crippen LogP contribution is -2.41. The van der Waals surface area contributed by atoms with Gasteiger partial charge in [0, 0.05) is 23.0 Å². The Morgan fingerprint density at radius 3 is 2.27 bits per heavy atom. The first-order chi connectivity index (χ1) is 10.1. The number of nitrogens with zero attached hydrogens (tertiary/aromatic N) is 2. The molecule has 1 N–H and O–H groups in total. The molecule has 6 nitrogen and oxygen atoms in total. The van der Waals surface area contributed by atoms with Gasteiger partial charge in [-0.3, -0.25) is 14.5 Å². The first-order valence-corrected chi connectivity index (χ1v) is 7.42. The molecule has 0 aliphatic carbocycles. The van der Waals surface area contributed by atoms with Gasteiger partial charge in [0.1, 0.15) is 5.54 Å². The molecule has 2 heterocycles. The molecular formula is C16H23N3O3.